The molecule has 0 N–H and O–H groups in total. The number of fused-ring (bicyclic) bond motifs is 2. The van der Waals surface area contributed by atoms with Crippen molar-refractivity contribution in [1.29, 1.82) is 0 Å². The summed E-state index contributed by atoms with van der Waals surface area (Å²) in [5, 5.41) is 0.990. The smallest absolute Gasteiger partial charge is 0.168 e. The topological polar surface area (TPSA) is 54.1 Å². The molecule has 3 heterocycles. The monoisotopic (exact) mass is 406 g/mol. The molecule has 0 fully saturated rings. The fourth-order valence-electron chi connectivity index (χ4n) is 3.67. The molecule has 2 aromatic carbocycles. The van der Waals surface area contributed by atoms with E-state index in [1.54, 1.807) is 11.8 Å². The highest BCUT2D eigenvalue weighted by atomic mass is 32.2. The summed E-state index contributed by atoms with van der Waals surface area (Å²) in [7, 11) is 2.07. The van der Waals surface area contributed by atoms with Crippen LogP contribution in [0.2, 0.25) is 0 Å². The molecule has 0 saturated heterocycles. The zero-order chi connectivity index (χ0) is 19.8. The predicted molar refractivity (Wildman–Crippen MR) is 115 cm³/mol. The fourth-order valence-corrected chi connectivity index (χ4v) is 4.69. The molecule has 0 amide bonds. The molecule has 0 unspecified atom stereocenters. The molecule has 6 nitrogen and oxygen atoms in total. The van der Waals surface area contributed by atoms with Gasteiger partial charge in [-0.15, -0.1) is 0 Å². The molecule has 0 atom stereocenters. The van der Waals surface area contributed by atoms with Gasteiger partial charge in [0.05, 0.1) is 28.7 Å². The van der Waals surface area contributed by atoms with Crippen LogP contribution < -0.4 is 9.47 Å². The zero-order valence-corrected chi connectivity index (χ0v) is 17.3. The Bertz CT molecular complexity index is 1180. The summed E-state index contributed by atoms with van der Waals surface area (Å²) in [4.78, 5) is 9.46. The average Bonchev–Trinajstić information content (AvgIpc) is 3.32. The summed E-state index contributed by atoms with van der Waals surface area (Å²) in [5.74, 6) is 3.41. The van der Waals surface area contributed by atoms with E-state index in [-0.39, 0.29) is 0 Å². The van der Waals surface area contributed by atoms with Crippen LogP contribution in [0.15, 0.2) is 53.8 Å². The zero-order valence-electron chi connectivity index (χ0n) is 16.5. The van der Waals surface area contributed by atoms with E-state index in [0.29, 0.717) is 13.2 Å². The van der Waals surface area contributed by atoms with Crippen molar-refractivity contribution in [3.8, 4) is 22.8 Å². The van der Waals surface area contributed by atoms with Gasteiger partial charge in [0.15, 0.2) is 16.7 Å². The Kier molecular flexibility index (Phi) is 4.67. The molecule has 0 aliphatic carbocycles. The van der Waals surface area contributed by atoms with Crippen LogP contribution in [0.3, 0.4) is 0 Å². The molecule has 0 bridgehead atoms. The summed E-state index contributed by atoms with van der Waals surface area (Å²) in [6.07, 6.45) is 1.94. The number of aryl methyl sites for hydroxylation is 1. The van der Waals surface area contributed by atoms with Gasteiger partial charge in [-0.05, 0) is 37.3 Å². The first-order valence-electron chi connectivity index (χ1n) is 9.73. The van der Waals surface area contributed by atoms with Crippen LogP contribution in [0, 0.1) is 0 Å². The lowest BCUT2D eigenvalue weighted by molar-refractivity contribution is 0.171. The van der Waals surface area contributed by atoms with Crippen molar-refractivity contribution in [2.45, 2.75) is 24.4 Å². The van der Waals surface area contributed by atoms with Crippen molar-refractivity contribution >= 4 is 22.8 Å². The van der Waals surface area contributed by atoms with Crippen LogP contribution >= 0.6 is 11.8 Å². The van der Waals surface area contributed by atoms with Crippen molar-refractivity contribution in [3.05, 3.63) is 54.5 Å². The summed E-state index contributed by atoms with van der Waals surface area (Å²) in [5.41, 5.74) is 4.34. The van der Waals surface area contributed by atoms with Gasteiger partial charge in [-0.3, -0.25) is 0 Å². The van der Waals surface area contributed by atoms with E-state index >= 15 is 0 Å². The first-order valence-corrected chi connectivity index (χ1v) is 10.7. The highest BCUT2D eigenvalue weighted by Gasteiger charge is 2.17. The van der Waals surface area contributed by atoms with Crippen LogP contribution in [0.1, 0.15) is 12.7 Å². The van der Waals surface area contributed by atoms with Crippen molar-refractivity contribution in [2.24, 2.45) is 7.05 Å². The minimum absolute atomic E-state index is 0.586. The van der Waals surface area contributed by atoms with Gasteiger partial charge in [0.1, 0.15) is 19.0 Å². The van der Waals surface area contributed by atoms with Gasteiger partial charge in [0.25, 0.3) is 0 Å². The third kappa shape index (κ3) is 3.25. The normalized spacial score (nSPS) is 13.2. The van der Waals surface area contributed by atoms with Crippen LogP contribution in [-0.4, -0.2) is 32.3 Å². The van der Waals surface area contributed by atoms with Gasteiger partial charge in [-0.1, -0.05) is 23.9 Å². The summed E-state index contributed by atoms with van der Waals surface area (Å²) in [6, 6.07) is 14.3. The van der Waals surface area contributed by atoms with Crippen LogP contribution in [-0.2, 0) is 19.3 Å². The van der Waals surface area contributed by atoms with Gasteiger partial charge in [0, 0.05) is 19.2 Å². The van der Waals surface area contributed by atoms with Crippen molar-refractivity contribution < 1.29 is 9.47 Å². The lowest BCUT2D eigenvalue weighted by Gasteiger charge is -2.19. The van der Waals surface area contributed by atoms with Crippen molar-refractivity contribution in [3.63, 3.8) is 0 Å². The van der Waals surface area contributed by atoms with Crippen molar-refractivity contribution in [1.82, 2.24) is 19.1 Å². The highest BCUT2D eigenvalue weighted by molar-refractivity contribution is 7.98. The van der Waals surface area contributed by atoms with Gasteiger partial charge in [-0.2, -0.15) is 0 Å². The largest absolute Gasteiger partial charge is 0.486 e. The van der Waals surface area contributed by atoms with Crippen LogP contribution in [0.5, 0.6) is 11.5 Å². The second kappa shape index (κ2) is 7.48. The third-order valence-electron chi connectivity index (χ3n) is 5.18. The Labute approximate surface area is 173 Å². The number of benzene rings is 2. The Morgan fingerprint density at radius 1 is 1.07 bits per heavy atom. The van der Waals surface area contributed by atoms with E-state index in [4.69, 9.17) is 19.4 Å². The van der Waals surface area contributed by atoms with E-state index in [9.17, 15) is 0 Å². The number of para-hydroxylation sites is 2. The Morgan fingerprint density at radius 2 is 1.90 bits per heavy atom. The number of nitrogens with zero attached hydrogens (tertiary/aromatic N) is 4. The maximum atomic E-state index is 5.74. The summed E-state index contributed by atoms with van der Waals surface area (Å²) < 4.78 is 15.8. The number of hydrogen-bond donors (Lipinski definition) is 0. The second-order valence-electron chi connectivity index (χ2n) is 6.89. The minimum atomic E-state index is 0.586. The Balaban J connectivity index is 1.42. The van der Waals surface area contributed by atoms with E-state index in [1.807, 2.05) is 30.5 Å². The molecule has 7 heteroatoms. The van der Waals surface area contributed by atoms with Crippen LogP contribution in [0.25, 0.3) is 22.3 Å². The van der Waals surface area contributed by atoms with Crippen LogP contribution in [0.4, 0.5) is 0 Å². The number of hydrogen-bond acceptors (Lipinski definition) is 5. The molecular formula is C22H22N4O2S. The lowest BCUT2D eigenvalue weighted by Crippen LogP contribution is -2.15. The fraction of sp³-hybridized carbons (Fsp3) is 0.273. The third-order valence-corrected chi connectivity index (χ3v) is 6.17. The predicted octanol–water partition coefficient (Wildman–Crippen LogP) is 4.52. The Morgan fingerprint density at radius 3 is 2.72 bits per heavy atom. The molecule has 1 aliphatic rings. The maximum absolute atomic E-state index is 5.74. The van der Waals surface area contributed by atoms with Gasteiger partial charge < -0.3 is 18.6 Å². The molecule has 148 valence electrons. The SMILES string of the molecule is CCn1c(-c2ccc3c(c2)OCCO3)cnc1SCc1nc2ccccc2n1C. The molecule has 0 saturated carbocycles. The van der Waals surface area contributed by atoms with E-state index in [2.05, 4.69) is 41.3 Å². The molecule has 5 rings (SSSR count). The van der Waals surface area contributed by atoms with E-state index < -0.39 is 0 Å². The van der Waals surface area contributed by atoms with Gasteiger partial charge >= 0.3 is 0 Å². The number of thioether (sulfide) groups is 1. The molecule has 29 heavy (non-hydrogen) atoms. The average molecular weight is 407 g/mol. The number of aromatic nitrogens is 4. The molecule has 1 aliphatic heterocycles. The number of rotatable bonds is 5. The number of imidazole rings is 2. The lowest BCUT2D eigenvalue weighted by atomic mass is 10.1. The second-order valence-corrected chi connectivity index (χ2v) is 7.84. The minimum Gasteiger partial charge on any atom is -0.486 e. The Hall–Kier alpha value is -2.93. The molecule has 4 aromatic rings. The van der Waals surface area contributed by atoms with E-state index in [0.717, 1.165) is 57.1 Å². The first kappa shape index (κ1) is 18.1. The quantitative estimate of drug-likeness (QED) is 0.456. The first-order chi connectivity index (χ1) is 14.2. The van der Waals surface area contributed by atoms with E-state index in [1.165, 1.54) is 0 Å². The number of ether oxygens (including phenoxy) is 2. The summed E-state index contributed by atoms with van der Waals surface area (Å²) in [6.45, 7) is 4.17. The standard InChI is InChI=1S/C22H22N4O2S/c1-3-26-18(15-8-9-19-20(12-15)28-11-10-27-19)13-23-22(26)29-14-21-24-16-6-4-5-7-17(16)25(21)2/h4-9,12-13H,3,10-11,14H2,1-2H3. The maximum Gasteiger partial charge on any atom is 0.168 e. The molecule has 0 spiro atoms. The van der Waals surface area contributed by atoms with Crippen molar-refractivity contribution in [2.75, 3.05) is 13.2 Å². The summed E-state index contributed by atoms with van der Waals surface area (Å²) >= 11 is 1.71. The van der Waals surface area contributed by atoms with Gasteiger partial charge in [0.2, 0.25) is 0 Å². The van der Waals surface area contributed by atoms with Gasteiger partial charge in [-0.25, -0.2) is 9.97 Å². The molecule has 2 aromatic heterocycles. The molecular weight excluding hydrogens is 384 g/mol. The highest BCUT2D eigenvalue weighted by Crippen LogP contribution is 2.36. The molecule has 0 radical (unpaired) electrons.